The molecule has 0 saturated carbocycles. The molecule has 10 aromatic rings. The van der Waals surface area contributed by atoms with Crippen LogP contribution in [0.15, 0.2) is 224 Å². The van der Waals surface area contributed by atoms with Crippen LogP contribution in [0.1, 0.15) is 5.56 Å². The van der Waals surface area contributed by atoms with Gasteiger partial charge in [-0.25, -0.2) is 0 Å². The maximum absolute atomic E-state index is 6.77. The van der Waals surface area contributed by atoms with E-state index in [4.69, 9.17) is 10.5 Å². The van der Waals surface area contributed by atoms with Crippen molar-refractivity contribution in [3.63, 3.8) is 0 Å². The van der Waals surface area contributed by atoms with Crippen molar-refractivity contribution in [2.45, 2.75) is 0 Å². The summed E-state index contributed by atoms with van der Waals surface area (Å²) in [6.45, 7) is 0. The molecule has 61 heavy (non-hydrogen) atoms. The molecule has 0 unspecified atom stereocenters. The van der Waals surface area contributed by atoms with E-state index in [0.29, 0.717) is 5.71 Å². The van der Waals surface area contributed by atoms with Crippen LogP contribution in [0.5, 0.6) is 0 Å². The minimum absolute atomic E-state index is 0.629. The summed E-state index contributed by atoms with van der Waals surface area (Å²) < 4.78 is 0. The molecule has 0 bridgehead atoms. The Hall–Kier alpha value is -8.05. The Morgan fingerprint density at radius 3 is 1.34 bits per heavy atom. The van der Waals surface area contributed by atoms with Crippen LogP contribution in [0.4, 0.5) is 5.69 Å². The Morgan fingerprint density at radius 1 is 0.393 bits per heavy atom. The average molecular weight is 781 g/mol. The number of nitrogens with two attached hydrogens (primary N) is 2. The number of rotatable bonds is 7. The Morgan fingerprint density at radius 2 is 0.836 bits per heavy atom. The van der Waals surface area contributed by atoms with Gasteiger partial charge in [0.1, 0.15) is 0 Å². The smallest absolute Gasteiger partial charge is 0.228 e. The molecular formula is C57H40N4+2. The van der Waals surface area contributed by atoms with E-state index >= 15 is 0 Å². The molecular weight excluding hydrogens is 741 g/mol. The molecule has 0 saturated heterocycles. The second-order valence-electron chi connectivity index (χ2n) is 15.5. The second kappa shape index (κ2) is 15.3. The fourth-order valence-corrected chi connectivity index (χ4v) is 9.18. The monoisotopic (exact) mass is 780 g/mol. The summed E-state index contributed by atoms with van der Waals surface area (Å²) in [7, 11) is 0. The van der Waals surface area contributed by atoms with Crippen LogP contribution >= 0.6 is 0 Å². The molecule has 0 amide bonds. The summed E-state index contributed by atoms with van der Waals surface area (Å²) in [4.78, 5) is 4.45. The first-order chi connectivity index (χ1) is 30.2. The van der Waals surface area contributed by atoms with Gasteiger partial charge in [-0.3, -0.25) is 10.4 Å². The molecule has 4 nitrogen and oxygen atoms in total. The van der Waals surface area contributed by atoms with Crippen molar-refractivity contribution in [1.82, 2.24) is 4.98 Å². The van der Waals surface area contributed by atoms with Gasteiger partial charge in [0, 0.05) is 36.2 Å². The molecule has 1 aliphatic rings. The third-order valence-corrected chi connectivity index (χ3v) is 11.9. The van der Waals surface area contributed by atoms with Crippen LogP contribution in [0.3, 0.4) is 0 Å². The van der Waals surface area contributed by atoms with E-state index in [0.717, 1.165) is 33.7 Å². The van der Waals surface area contributed by atoms with Crippen molar-refractivity contribution in [1.29, 1.82) is 0 Å². The van der Waals surface area contributed by atoms with Crippen molar-refractivity contribution in [2.24, 2.45) is 5.10 Å². The minimum Gasteiger partial charge on any atom is -0.264 e. The van der Waals surface area contributed by atoms with Gasteiger partial charge in [-0.15, -0.1) is 0 Å². The van der Waals surface area contributed by atoms with Crippen LogP contribution in [0, 0.1) is 0 Å². The number of aromatic nitrogens is 1. The first-order valence-electron chi connectivity index (χ1n) is 20.7. The molecule has 4 heteroatoms. The fourth-order valence-electron chi connectivity index (χ4n) is 9.18. The van der Waals surface area contributed by atoms with Crippen molar-refractivity contribution >= 4 is 65.8 Å². The number of pyridine rings is 1. The van der Waals surface area contributed by atoms with Gasteiger partial charge in [-0.05, 0) is 124 Å². The lowest BCUT2D eigenvalue weighted by molar-refractivity contribution is -0.577. The number of quaternary nitrogens is 1. The van der Waals surface area contributed by atoms with E-state index in [1.165, 1.54) is 76.5 Å². The first-order valence-corrected chi connectivity index (χ1v) is 20.7. The van der Waals surface area contributed by atoms with Gasteiger partial charge in [0.05, 0.1) is 0 Å². The molecule has 0 spiro atoms. The van der Waals surface area contributed by atoms with E-state index in [2.05, 4.69) is 193 Å². The molecule has 0 fully saturated rings. The maximum atomic E-state index is 6.77. The first kappa shape index (κ1) is 36.1. The summed E-state index contributed by atoms with van der Waals surface area (Å²) in [5, 5.41) is 21.4. The Labute approximate surface area is 354 Å². The highest BCUT2D eigenvalue weighted by Gasteiger charge is 2.21. The van der Waals surface area contributed by atoms with Crippen LogP contribution < -0.4 is 10.8 Å². The van der Waals surface area contributed by atoms with E-state index in [9.17, 15) is 0 Å². The zero-order valence-corrected chi connectivity index (χ0v) is 33.3. The highest BCUT2D eigenvalue weighted by atomic mass is 15.3. The quantitative estimate of drug-likeness (QED) is 0.0546. The molecule has 11 rings (SSSR count). The molecule has 9 aromatic carbocycles. The number of allylic oxidation sites excluding steroid dienone is 4. The predicted molar refractivity (Wildman–Crippen MR) is 256 cm³/mol. The SMILES string of the molecule is [NH2+]=C1C=C(c2ccc3c(-c4ccccc4)c4ccccc4c(-c4ccccc4)c3c2)C=CC1=N[NH2+]c1ccc(-c2c3ccccc3c(-c3cccnc3)c3ccccc23)cc1. The summed E-state index contributed by atoms with van der Waals surface area (Å²) in [5.74, 6) is 0. The van der Waals surface area contributed by atoms with Gasteiger partial charge >= 0.3 is 0 Å². The maximum Gasteiger partial charge on any atom is 0.228 e. The molecule has 286 valence electrons. The van der Waals surface area contributed by atoms with Gasteiger partial charge in [0.2, 0.25) is 5.71 Å². The van der Waals surface area contributed by atoms with E-state index in [1.807, 2.05) is 36.0 Å². The lowest BCUT2D eigenvalue weighted by Crippen LogP contribution is -2.72. The van der Waals surface area contributed by atoms with Crippen molar-refractivity contribution in [2.75, 3.05) is 0 Å². The third kappa shape index (κ3) is 6.43. The molecule has 1 aliphatic carbocycles. The molecule has 1 aromatic heterocycles. The minimum atomic E-state index is 0.629. The molecule has 1 heterocycles. The van der Waals surface area contributed by atoms with Crippen LogP contribution in [-0.2, 0) is 0 Å². The average Bonchev–Trinajstić information content (AvgIpc) is 3.33. The highest BCUT2D eigenvalue weighted by Crippen LogP contribution is 2.45. The lowest BCUT2D eigenvalue weighted by Gasteiger charge is -2.19. The fraction of sp³-hybridized carbons (Fsp3) is 0. The standard InChI is InChI=1S/C57H38N4/c58-52-35-41(40-27-31-50-51(34-40)56(38-16-5-2-6-17-38)47-22-10-7-19-44(47)54(50)37-14-3-1-4-15-37)28-32-53(52)61-60-43-29-25-39(26-30-43)55-45-20-8-11-23-48(45)57(42-18-13-33-59-36-42)49-24-12-9-21-46(49)55/h1-36,58,60H/p+2. The van der Waals surface area contributed by atoms with Gasteiger partial charge in [-0.2, -0.15) is 5.43 Å². The number of hydrogen-bond acceptors (Lipinski definition) is 2. The summed E-state index contributed by atoms with van der Waals surface area (Å²) in [5.41, 5.74) is 16.0. The number of hydrogen-bond donors (Lipinski definition) is 2. The van der Waals surface area contributed by atoms with E-state index < -0.39 is 0 Å². The number of nitrogens with zero attached hydrogens (tertiary/aromatic N) is 2. The van der Waals surface area contributed by atoms with Crippen molar-refractivity contribution < 1.29 is 10.8 Å². The highest BCUT2D eigenvalue weighted by molar-refractivity contribution is 6.50. The van der Waals surface area contributed by atoms with Crippen molar-refractivity contribution in [3.8, 4) is 44.5 Å². The van der Waals surface area contributed by atoms with Gasteiger partial charge in [0.15, 0.2) is 11.4 Å². The normalized spacial score (nSPS) is 13.4. The topological polar surface area (TPSA) is 67.5 Å². The second-order valence-corrected chi connectivity index (χ2v) is 15.5. The van der Waals surface area contributed by atoms with Crippen LogP contribution in [0.2, 0.25) is 0 Å². The van der Waals surface area contributed by atoms with E-state index in [-0.39, 0.29) is 0 Å². The largest absolute Gasteiger partial charge is 0.264 e. The summed E-state index contributed by atoms with van der Waals surface area (Å²) >= 11 is 0. The molecule has 0 atom stereocenters. The zero-order valence-electron chi connectivity index (χ0n) is 33.3. The molecule has 4 N–H and O–H groups in total. The van der Waals surface area contributed by atoms with Gasteiger partial charge < -0.3 is 0 Å². The van der Waals surface area contributed by atoms with Crippen LogP contribution in [0.25, 0.3) is 93.2 Å². The Balaban J connectivity index is 0.916. The predicted octanol–water partition coefficient (Wildman–Crippen LogP) is 11.8. The molecule has 0 aliphatic heterocycles. The summed E-state index contributed by atoms with van der Waals surface area (Å²) in [6.07, 6.45) is 9.97. The molecule has 0 radical (unpaired) electrons. The van der Waals surface area contributed by atoms with Gasteiger partial charge in [-0.1, -0.05) is 163 Å². The van der Waals surface area contributed by atoms with Crippen molar-refractivity contribution in [3.05, 3.63) is 224 Å². The Bertz CT molecular complexity index is 3360. The van der Waals surface area contributed by atoms with Gasteiger partial charge in [0.25, 0.3) is 0 Å². The lowest BCUT2D eigenvalue weighted by atomic mass is 9.84. The zero-order chi connectivity index (χ0) is 40.7. The number of benzene rings is 9. The Kier molecular flexibility index (Phi) is 9.03. The van der Waals surface area contributed by atoms with E-state index in [1.54, 1.807) is 0 Å². The third-order valence-electron chi connectivity index (χ3n) is 11.9. The summed E-state index contributed by atoms with van der Waals surface area (Å²) in [6, 6.07) is 67.2. The van der Waals surface area contributed by atoms with Crippen LogP contribution in [-0.4, -0.2) is 16.4 Å². The number of fused-ring (bicyclic) bond motifs is 4.